The lowest BCUT2D eigenvalue weighted by Gasteiger charge is -1.94. The molecule has 0 unspecified atom stereocenters. The van der Waals surface area contributed by atoms with E-state index in [2.05, 4.69) is 9.97 Å². The number of fused-ring (bicyclic) bond motifs is 1. The molecule has 0 aliphatic rings. The summed E-state index contributed by atoms with van der Waals surface area (Å²) >= 11 is 11.6. The smallest absolute Gasteiger partial charge is 0.352 e. The van der Waals surface area contributed by atoms with Crippen LogP contribution in [-0.4, -0.2) is 21.0 Å². The summed E-state index contributed by atoms with van der Waals surface area (Å²) in [6.07, 6.45) is 0. The molecule has 0 aliphatic carbocycles. The van der Waals surface area contributed by atoms with Gasteiger partial charge in [0.15, 0.2) is 5.15 Å². The van der Waals surface area contributed by atoms with E-state index in [0.717, 1.165) is 0 Å². The van der Waals surface area contributed by atoms with Crippen LogP contribution in [0.2, 0.25) is 10.3 Å². The van der Waals surface area contributed by atoms with E-state index in [0.29, 0.717) is 16.5 Å². The fourth-order valence-electron chi connectivity index (χ4n) is 1.47. The molecule has 0 saturated heterocycles. The van der Waals surface area contributed by atoms with Gasteiger partial charge in [0, 0.05) is 5.39 Å². The van der Waals surface area contributed by atoms with E-state index < -0.39 is 5.97 Å². The number of carbonyl (C=O) groups is 1. The third kappa shape index (κ3) is 2.53. The van der Waals surface area contributed by atoms with Crippen LogP contribution in [0.1, 0.15) is 29.9 Å². The molecule has 0 spiro atoms. The summed E-state index contributed by atoms with van der Waals surface area (Å²) in [7, 11) is 0. The number of carboxylic acid groups (broad SMARTS) is 1. The van der Waals surface area contributed by atoms with Crippen molar-refractivity contribution in [1.82, 2.24) is 9.97 Å². The number of halogens is 2. The molecule has 0 saturated carbocycles. The Hall–Kier alpha value is -1.26. The van der Waals surface area contributed by atoms with Crippen molar-refractivity contribution in [3.8, 4) is 0 Å². The number of hydrogen-bond acceptors (Lipinski definition) is 2. The van der Waals surface area contributed by atoms with Crippen LogP contribution in [0.3, 0.4) is 0 Å². The Bertz CT molecular complexity index is 564. The number of aromatic amines is 1. The van der Waals surface area contributed by atoms with E-state index in [-0.39, 0.29) is 16.0 Å². The zero-order chi connectivity index (χ0) is 13.2. The summed E-state index contributed by atoms with van der Waals surface area (Å²) in [6, 6.07) is 1.58. The van der Waals surface area contributed by atoms with Gasteiger partial charge in [-0.15, -0.1) is 0 Å². The van der Waals surface area contributed by atoms with Crippen molar-refractivity contribution in [3.05, 3.63) is 27.6 Å². The Kier molecular flexibility index (Phi) is 4.37. The van der Waals surface area contributed by atoms with E-state index in [1.807, 2.05) is 13.8 Å². The average molecular weight is 275 g/mol. The molecule has 0 aromatic carbocycles. The first-order valence-corrected chi connectivity index (χ1v) is 5.84. The highest BCUT2D eigenvalue weighted by molar-refractivity contribution is 6.36. The van der Waals surface area contributed by atoms with Crippen molar-refractivity contribution in [2.24, 2.45) is 0 Å². The van der Waals surface area contributed by atoms with Crippen molar-refractivity contribution in [3.63, 3.8) is 0 Å². The summed E-state index contributed by atoms with van der Waals surface area (Å²) in [5.74, 6) is -1.03. The normalized spacial score (nSPS) is 9.94. The summed E-state index contributed by atoms with van der Waals surface area (Å²) < 4.78 is 0. The number of rotatable bonds is 1. The van der Waals surface area contributed by atoms with Gasteiger partial charge in [0.2, 0.25) is 0 Å². The second kappa shape index (κ2) is 5.38. The van der Waals surface area contributed by atoms with E-state index in [9.17, 15) is 4.79 Å². The highest BCUT2D eigenvalue weighted by Crippen LogP contribution is 2.28. The number of H-pyrrole nitrogens is 1. The van der Waals surface area contributed by atoms with Gasteiger partial charge in [-0.3, -0.25) is 0 Å². The minimum atomic E-state index is -1.03. The number of aromatic carboxylic acids is 1. The molecular weight excluding hydrogens is 263 g/mol. The fraction of sp³-hybridized carbons (Fsp3) is 0.273. The lowest BCUT2D eigenvalue weighted by molar-refractivity contribution is 0.0691. The van der Waals surface area contributed by atoms with Crippen LogP contribution < -0.4 is 0 Å². The molecule has 0 radical (unpaired) electrons. The van der Waals surface area contributed by atoms with Gasteiger partial charge < -0.3 is 10.1 Å². The van der Waals surface area contributed by atoms with E-state index in [1.54, 1.807) is 13.0 Å². The summed E-state index contributed by atoms with van der Waals surface area (Å²) in [5.41, 5.74) is 1.20. The average Bonchev–Trinajstić information content (AvgIpc) is 2.60. The maximum absolute atomic E-state index is 10.9. The molecule has 0 aliphatic heterocycles. The van der Waals surface area contributed by atoms with E-state index >= 15 is 0 Å². The third-order valence-electron chi connectivity index (χ3n) is 2.19. The predicted molar refractivity (Wildman–Crippen MR) is 69.2 cm³/mol. The number of aryl methyl sites for hydroxylation is 1. The van der Waals surface area contributed by atoms with Gasteiger partial charge in [-0.05, 0) is 18.6 Å². The number of nitrogens with one attached hydrogen (secondary N) is 1. The molecule has 2 N–H and O–H groups in total. The zero-order valence-electron chi connectivity index (χ0n) is 9.64. The van der Waals surface area contributed by atoms with Gasteiger partial charge in [0.05, 0.1) is 5.52 Å². The van der Waals surface area contributed by atoms with Crippen LogP contribution >= 0.6 is 23.2 Å². The Morgan fingerprint density at radius 2 is 2.00 bits per heavy atom. The number of hydrogen-bond donors (Lipinski definition) is 2. The number of carboxylic acids is 1. The van der Waals surface area contributed by atoms with Crippen molar-refractivity contribution in [2.75, 3.05) is 0 Å². The SMILES string of the molecule is CC.Cc1c(C(=O)O)[nH]c2c(Cl)nc(Cl)cc12. The standard InChI is InChI=1S/C9H6Cl2N2O2.C2H6/c1-3-4-2-5(10)12-8(11)7(4)13-6(3)9(14)15;1-2/h2,13H,1H3,(H,14,15);1-2H3. The minimum absolute atomic E-state index is 0.107. The largest absolute Gasteiger partial charge is 0.477 e. The van der Waals surface area contributed by atoms with E-state index in [1.165, 1.54) is 0 Å². The number of aromatic nitrogens is 2. The van der Waals surface area contributed by atoms with Crippen LogP contribution in [0.5, 0.6) is 0 Å². The molecule has 0 atom stereocenters. The first-order valence-electron chi connectivity index (χ1n) is 5.08. The minimum Gasteiger partial charge on any atom is -0.477 e. The molecule has 6 heteroatoms. The van der Waals surface area contributed by atoms with Crippen molar-refractivity contribution < 1.29 is 9.90 Å². The van der Waals surface area contributed by atoms with Gasteiger partial charge in [-0.2, -0.15) is 0 Å². The molecule has 0 bridgehead atoms. The maximum Gasteiger partial charge on any atom is 0.352 e. The zero-order valence-corrected chi connectivity index (χ0v) is 11.1. The second-order valence-corrected chi connectivity index (χ2v) is 3.83. The second-order valence-electron chi connectivity index (χ2n) is 3.09. The lowest BCUT2D eigenvalue weighted by atomic mass is 10.2. The third-order valence-corrected chi connectivity index (χ3v) is 2.65. The van der Waals surface area contributed by atoms with E-state index in [4.69, 9.17) is 28.3 Å². The number of pyridine rings is 1. The van der Waals surface area contributed by atoms with Gasteiger partial charge >= 0.3 is 5.97 Å². The molecule has 2 heterocycles. The van der Waals surface area contributed by atoms with Gasteiger partial charge in [-0.1, -0.05) is 37.0 Å². The topological polar surface area (TPSA) is 66.0 Å². The fourth-order valence-corrected chi connectivity index (χ4v) is 1.94. The molecule has 17 heavy (non-hydrogen) atoms. The first-order chi connectivity index (χ1) is 8.00. The van der Waals surface area contributed by atoms with Crippen molar-refractivity contribution in [1.29, 1.82) is 0 Å². The van der Waals surface area contributed by atoms with Gasteiger partial charge in [0.1, 0.15) is 10.8 Å². The van der Waals surface area contributed by atoms with Crippen LogP contribution in [0, 0.1) is 6.92 Å². The quantitative estimate of drug-likeness (QED) is 0.775. The van der Waals surface area contributed by atoms with Crippen LogP contribution in [-0.2, 0) is 0 Å². The predicted octanol–water partition coefficient (Wildman–Crippen LogP) is 3.90. The lowest BCUT2D eigenvalue weighted by Crippen LogP contribution is -1.98. The van der Waals surface area contributed by atoms with Crippen molar-refractivity contribution >= 4 is 40.1 Å². The Balaban J connectivity index is 0.000000686. The summed E-state index contributed by atoms with van der Waals surface area (Å²) in [4.78, 5) is 17.4. The summed E-state index contributed by atoms with van der Waals surface area (Å²) in [5, 5.41) is 9.99. The molecule has 0 fully saturated rings. The molecule has 4 nitrogen and oxygen atoms in total. The molecule has 2 rings (SSSR count). The Morgan fingerprint density at radius 1 is 1.41 bits per heavy atom. The molecule has 0 amide bonds. The van der Waals surface area contributed by atoms with Gasteiger partial charge in [-0.25, -0.2) is 9.78 Å². The van der Waals surface area contributed by atoms with Crippen molar-refractivity contribution in [2.45, 2.75) is 20.8 Å². The highest BCUT2D eigenvalue weighted by Gasteiger charge is 2.16. The Morgan fingerprint density at radius 3 is 2.53 bits per heavy atom. The summed E-state index contributed by atoms with van der Waals surface area (Å²) in [6.45, 7) is 5.69. The van der Waals surface area contributed by atoms with Crippen LogP contribution in [0.25, 0.3) is 10.9 Å². The monoisotopic (exact) mass is 274 g/mol. The molecule has 92 valence electrons. The van der Waals surface area contributed by atoms with Crippen LogP contribution in [0.15, 0.2) is 6.07 Å². The molecular formula is C11H12Cl2N2O2. The number of nitrogens with zero attached hydrogens (tertiary/aromatic N) is 1. The maximum atomic E-state index is 10.9. The highest BCUT2D eigenvalue weighted by atomic mass is 35.5. The Labute approximate surface area is 109 Å². The van der Waals surface area contributed by atoms with Gasteiger partial charge in [0.25, 0.3) is 0 Å². The molecule has 2 aromatic heterocycles. The molecule has 2 aromatic rings. The van der Waals surface area contributed by atoms with Crippen LogP contribution in [0.4, 0.5) is 0 Å². The first kappa shape index (κ1) is 13.8.